The van der Waals surface area contributed by atoms with E-state index in [4.69, 9.17) is 14.0 Å². The molecule has 0 aliphatic carbocycles. The number of H-pyrrole nitrogens is 1. The molecule has 0 radical (unpaired) electrons. The summed E-state index contributed by atoms with van der Waals surface area (Å²) in [5.74, 6) is 2.21. The molecule has 0 fully saturated rings. The van der Waals surface area contributed by atoms with Gasteiger partial charge >= 0.3 is 0 Å². The van der Waals surface area contributed by atoms with Crippen molar-refractivity contribution in [1.29, 1.82) is 0 Å². The Morgan fingerprint density at radius 3 is 3.23 bits per heavy atom. The zero-order chi connectivity index (χ0) is 9.10. The SMILES string of the molecule is OSCCC1COc2c[nH]cc2O1. The van der Waals surface area contributed by atoms with Crippen molar-refractivity contribution in [2.45, 2.75) is 12.5 Å². The number of hydrogen-bond acceptors (Lipinski definition) is 4. The summed E-state index contributed by atoms with van der Waals surface area (Å²) in [6, 6.07) is 0. The largest absolute Gasteiger partial charge is 0.484 e. The molecule has 1 aromatic heterocycles. The number of fused-ring (bicyclic) bond motifs is 1. The topological polar surface area (TPSA) is 54.5 Å². The summed E-state index contributed by atoms with van der Waals surface area (Å²) < 4.78 is 19.6. The molecule has 4 nitrogen and oxygen atoms in total. The Balaban J connectivity index is 1.93. The molecule has 2 heterocycles. The van der Waals surface area contributed by atoms with Crippen LogP contribution in [0.5, 0.6) is 11.5 Å². The maximum atomic E-state index is 8.57. The van der Waals surface area contributed by atoms with E-state index in [9.17, 15) is 0 Å². The molecule has 0 saturated carbocycles. The minimum atomic E-state index is 0.0583. The molecule has 2 rings (SSSR count). The number of aromatic nitrogens is 1. The van der Waals surface area contributed by atoms with Crippen molar-refractivity contribution < 1.29 is 14.0 Å². The molecule has 1 atom stereocenters. The van der Waals surface area contributed by atoms with Crippen LogP contribution in [0.15, 0.2) is 12.4 Å². The normalized spacial score (nSPS) is 20.2. The lowest BCUT2D eigenvalue weighted by molar-refractivity contribution is 0.0905. The molecule has 1 aliphatic heterocycles. The van der Waals surface area contributed by atoms with Gasteiger partial charge in [0, 0.05) is 18.1 Å². The van der Waals surface area contributed by atoms with Gasteiger partial charge in [0.1, 0.15) is 12.7 Å². The lowest BCUT2D eigenvalue weighted by atomic mass is 10.3. The molecule has 72 valence electrons. The van der Waals surface area contributed by atoms with Crippen molar-refractivity contribution >= 4 is 12.0 Å². The zero-order valence-electron chi connectivity index (χ0n) is 7.03. The fourth-order valence-corrected chi connectivity index (χ4v) is 1.63. The second-order valence-electron chi connectivity index (χ2n) is 2.86. The second kappa shape index (κ2) is 3.93. The Morgan fingerprint density at radius 2 is 2.38 bits per heavy atom. The molecule has 1 aliphatic rings. The number of hydrogen-bond donors (Lipinski definition) is 2. The van der Waals surface area contributed by atoms with Crippen LogP contribution in [0.1, 0.15) is 6.42 Å². The maximum Gasteiger partial charge on any atom is 0.179 e. The van der Waals surface area contributed by atoms with E-state index in [-0.39, 0.29) is 6.10 Å². The van der Waals surface area contributed by atoms with Crippen LogP contribution in [-0.4, -0.2) is 28.0 Å². The molecule has 5 heteroatoms. The van der Waals surface area contributed by atoms with E-state index < -0.39 is 0 Å². The molecule has 13 heavy (non-hydrogen) atoms. The summed E-state index contributed by atoms with van der Waals surface area (Å²) in [7, 11) is 0. The third-order valence-electron chi connectivity index (χ3n) is 1.92. The third kappa shape index (κ3) is 1.92. The first-order chi connectivity index (χ1) is 6.40. The number of rotatable bonds is 3. The molecule has 0 amide bonds. The lowest BCUT2D eigenvalue weighted by Crippen LogP contribution is -2.28. The number of aromatic amines is 1. The Bertz CT molecular complexity index is 276. The van der Waals surface area contributed by atoms with Crippen molar-refractivity contribution in [3.8, 4) is 11.5 Å². The Kier molecular flexibility index (Phi) is 2.65. The van der Waals surface area contributed by atoms with Gasteiger partial charge in [-0.1, -0.05) is 0 Å². The van der Waals surface area contributed by atoms with E-state index in [1.807, 2.05) is 0 Å². The predicted octanol–water partition coefficient (Wildman–Crippen LogP) is 1.75. The maximum absolute atomic E-state index is 8.57. The van der Waals surface area contributed by atoms with Gasteiger partial charge in [0.25, 0.3) is 0 Å². The summed E-state index contributed by atoms with van der Waals surface area (Å²) in [6.45, 7) is 0.561. The fraction of sp³-hybridized carbons (Fsp3) is 0.500. The van der Waals surface area contributed by atoms with Crippen LogP contribution < -0.4 is 9.47 Å². The minimum absolute atomic E-state index is 0.0583. The van der Waals surface area contributed by atoms with E-state index in [1.54, 1.807) is 12.4 Å². The lowest BCUT2D eigenvalue weighted by Gasteiger charge is -2.23. The molecular formula is C8H11NO3S. The Morgan fingerprint density at radius 1 is 1.54 bits per heavy atom. The van der Waals surface area contributed by atoms with Crippen LogP contribution in [0.2, 0.25) is 0 Å². The van der Waals surface area contributed by atoms with Gasteiger partial charge in [-0.15, -0.1) is 0 Å². The average Bonchev–Trinajstić information content (AvgIpc) is 2.61. The summed E-state index contributed by atoms with van der Waals surface area (Å²) >= 11 is 0.835. The van der Waals surface area contributed by atoms with Crippen LogP contribution >= 0.6 is 12.0 Å². The van der Waals surface area contributed by atoms with Gasteiger partial charge in [-0.25, -0.2) is 0 Å². The smallest absolute Gasteiger partial charge is 0.179 e. The van der Waals surface area contributed by atoms with Crippen LogP contribution in [-0.2, 0) is 0 Å². The van der Waals surface area contributed by atoms with E-state index >= 15 is 0 Å². The highest BCUT2D eigenvalue weighted by molar-refractivity contribution is 7.93. The molecule has 1 aromatic rings. The standard InChI is InChI=1S/C8H11NO3S/c10-13-2-1-6-5-11-7-3-9-4-8(7)12-6/h3-4,6,9-10H,1-2,5H2. The van der Waals surface area contributed by atoms with Gasteiger partial charge < -0.3 is 19.0 Å². The molecule has 2 N–H and O–H groups in total. The van der Waals surface area contributed by atoms with Gasteiger partial charge in [0.05, 0.1) is 0 Å². The van der Waals surface area contributed by atoms with Crippen LogP contribution in [0.25, 0.3) is 0 Å². The van der Waals surface area contributed by atoms with Crippen LogP contribution in [0, 0.1) is 0 Å². The average molecular weight is 201 g/mol. The first kappa shape index (κ1) is 8.77. The summed E-state index contributed by atoms with van der Waals surface area (Å²) in [5, 5.41) is 0. The van der Waals surface area contributed by atoms with E-state index in [2.05, 4.69) is 4.98 Å². The Labute approximate surface area is 80.4 Å². The highest BCUT2D eigenvalue weighted by Gasteiger charge is 2.20. The molecule has 1 unspecified atom stereocenters. The van der Waals surface area contributed by atoms with Crippen LogP contribution in [0.4, 0.5) is 0 Å². The van der Waals surface area contributed by atoms with E-state index in [0.717, 1.165) is 30.0 Å². The third-order valence-corrected chi connectivity index (χ3v) is 2.34. The highest BCUT2D eigenvalue weighted by atomic mass is 32.2. The van der Waals surface area contributed by atoms with Gasteiger partial charge in [-0.3, -0.25) is 0 Å². The predicted molar refractivity (Wildman–Crippen MR) is 50.4 cm³/mol. The summed E-state index contributed by atoms with van der Waals surface area (Å²) in [5.41, 5.74) is 0. The first-order valence-corrected chi connectivity index (χ1v) is 5.07. The van der Waals surface area contributed by atoms with Crippen molar-refractivity contribution in [3.63, 3.8) is 0 Å². The van der Waals surface area contributed by atoms with Crippen molar-refractivity contribution in [1.82, 2.24) is 4.98 Å². The molecule has 0 saturated heterocycles. The number of ether oxygens (including phenoxy) is 2. The zero-order valence-corrected chi connectivity index (χ0v) is 7.84. The number of nitrogens with one attached hydrogen (secondary N) is 1. The highest BCUT2D eigenvalue weighted by Crippen LogP contribution is 2.31. The molecular weight excluding hydrogens is 190 g/mol. The second-order valence-corrected chi connectivity index (χ2v) is 3.52. The minimum Gasteiger partial charge on any atom is -0.484 e. The molecule has 0 aromatic carbocycles. The van der Waals surface area contributed by atoms with Gasteiger partial charge in [-0.05, 0) is 18.5 Å². The van der Waals surface area contributed by atoms with Crippen molar-refractivity contribution in [2.24, 2.45) is 0 Å². The molecule has 0 bridgehead atoms. The quantitative estimate of drug-likeness (QED) is 0.731. The van der Waals surface area contributed by atoms with E-state index in [0.29, 0.717) is 12.4 Å². The monoisotopic (exact) mass is 201 g/mol. The van der Waals surface area contributed by atoms with Gasteiger partial charge in [0.15, 0.2) is 11.5 Å². The van der Waals surface area contributed by atoms with Gasteiger partial charge in [0.2, 0.25) is 0 Å². The van der Waals surface area contributed by atoms with Gasteiger partial charge in [-0.2, -0.15) is 0 Å². The fourth-order valence-electron chi connectivity index (χ4n) is 1.26. The summed E-state index contributed by atoms with van der Waals surface area (Å²) in [6.07, 6.45) is 4.40. The Hall–Kier alpha value is -0.810. The van der Waals surface area contributed by atoms with Crippen LogP contribution in [0.3, 0.4) is 0 Å². The van der Waals surface area contributed by atoms with Crippen molar-refractivity contribution in [3.05, 3.63) is 12.4 Å². The van der Waals surface area contributed by atoms with E-state index in [1.165, 1.54) is 0 Å². The summed E-state index contributed by atoms with van der Waals surface area (Å²) in [4.78, 5) is 2.91. The van der Waals surface area contributed by atoms with Crippen molar-refractivity contribution in [2.75, 3.05) is 12.4 Å². The molecule has 0 spiro atoms. The first-order valence-electron chi connectivity index (χ1n) is 4.13.